The molecule has 0 bridgehead atoms. The summed E-state index contributed by atoms with van der Waals surface area (Å²) in [7, 11) is -4.60. The number of aliphatic hydroxyl groups excluding tert-OH is 2. The smallest absolute Gasteiger partial charge is 0.462 e. The number of phosphoric acid groups is 1. The first kappa shape index (κ1) is 45.7. The monoisotopic (exact) mass is 692 g/mol. The van der Waals surface area contributed by atoms with E-state index < -0.39 is 51.8 Å². The van der Waals surface area contributed by atoms with Crippen molar-refractivity contribution in [2.45, 2.75) is 180 Å². The molecule has 0 radical (unpaired) electrons. The lowest BCUT2D eigenvalue weighted by molar-refractivity contribution is -0.161. The summed E-state index contributed by atoms with van der Waals surface area (Å²) in [6.45, 7) is 2.33. The fraction of sp³-hybridized carbons (Fsp3) is 0.889. The van der Waals surface area contributed by atoms with Gasteiger partial charge in [-0.05, 0) is 38.5 Å². The van der Waals surface area contributed by atoms with Gasteiger partial charge in [0.05, 0.1) is 19.8 Å². The van der Waals surface area contributed by atoms with Crippen LogP contribution in [0.25, 0.3) is 0 Å². The molecule has 0 aliphatic rings. The molecule has 0 amide bonds. The maximum atomic E-state index is 12.5. The molecule has 0 aromatic heterocycles. The minimum atomic E-state index is -4.60. The second kappa shape index (κ2) is 33.2. The van der Waals surface area contributed by atoms with E-state index in [0.29, 0.717) is 12.8 Å². The van der Waals surface area contributed by atoms with Gasteiger partial charge in [-0.2, -0.15) is 0 Å². The molecule has 0 rings (SSSR count). The average molecular weight is 693 g/mol. The third kappa shape index (κ3) is 33.0. The van der Waals surface area contributed by atoms with Crippen LogP contribution in [0.2, 0.25) is 0 Å². The van der Waals surface area contributed by atoms with Gasteiger partial charge < -0.3 is 24.6 Å². The van der Waals surface area contributed by atoms with Crippen molar-refractivity contribution in [1.29, 1.82) is 0 Å². The lowest BCUT2D eigenvalue weighted by atomic mass is 10.1. The Hall–Kier alpha value is -1.29. The van der Waals surface area contributed by atoms with Crippen LogP contribution in [0.15, 0.2) is 12.2 Å². The molecule has 0 aliphatic carbocycles. The second-order valence-electron chi connectivity index (χ2n) is 12.6. The van der Waals surface area contributed by atoms with Crippen LogP contribution in [0.1, 0.15) is 168 Å². The van der Waals surface area contributed by atoms with E-state index in [1.165, 1.54) is 70.6 Å². The quantitative estimate of drug-likeness (QED) is 0.0254. The van der Waals surface area contributed by atoms with Gasteiger partial charge in [0.25, 0.3) is 0 Å². The number of esters is 2. The van der Waals surface area contributed by atoms with Gasteiger partial charge in [-0.1, -0.05) is 129 Å². The highest BCUT2D eigenvalue weighted by molar-refractivity contribution is 7.47. The van der Waals surface area contributed by atoms with Gasteiger partial charge in [0.15, 0.2) is 6.10 Å². The van der Waals surface area contributed by atoms with Gasteiger partial charge in [-0.15, -0.1) is 0 Å². The molecule has 3 atom stereocenters. The van der Waals surface area contributed by atoms with Crippen LogP contribution in [0, 0.1) is 0 Å². The van der Waals surface area contributed by atoms with Crippen LogP contribution in [0.4, 0.5) is 0 Å². The molecule has 1 unspecified atom stereocenters. The van der Waals surface area contributed by atoms with Crippen molar-refractivity contribution in [2.75, 3.05) is 26.4 Å². The lowest BCUT2D eigenvalue weighted by Crippen LogP contribution is -2.29. The fourth-order valence-electron chi connectivity index (χ4n) is 4.99. The zero-order valence-electron chi connectivity index (χ0n) is 29.8. The van der Waals surface area contributed by atoms with Crippen molar-refractivity contribution in [3.63, 3.8) is 0 Å². The Morgan fingerprint density at radius 3 is 1.55 bits per heavy atom. The molecule has 10 nitrogen and oxygen atoms in total. The van der Waals surface area contributed by atoms with E-state index in [9.17, 15) is 24.2 Å². The summed E-state index contributed by atoms with van der Waals surface area (Å²) in [5.41, 5.74) is 0. The molecular weight excluding hydrogens is 623 g/mol. The molecule has 47 heavy (non-hydrogen) atoms. The van der Waals surface area contributed by atoms with Gasteiger partial charge in [-0.3, -0.25) is 18.6 Å². The molecule has 278 valence electrons. The van der Waals surface area contributed by atoms with Crippen LogP contribution in [-0.4, -0.2) is 65.7 Å². The molecule has 0 spiro atoms. The summed E-state index contributed by atoms with van der Waals surface area (Å²) >= 11 is 0. The number of rotatable bonds is 35. The topological polar surface area (TPSA) is 149 Å². The second-order valence-corrected chi connectivity index (χ2v) is 14.1. The predicted octanol–water partition coefficient (Wildman–Crippen LogP) is 8.89. The Morgan fingerprint density at radius 2 is 1.04 bits per heavy atom. The maximum absolute atomic E-state index is 12.5. The molecule has 11 heteroatoms. The molecule has 0 fully saturated rings. The molecule has 0 saturated carbocycles. The summed E-state index contributed by atoms with van der Waals surface area (Å²) in [4.78, 5) is 34.7. The zero-order valence-corrected chi connectivity index (χ0v) is 30.6. The van der Waals surface area contributed by atoms with E-state index in [-0.39, 0.29) is 19.4 Å². The number of carbonyl (C=O) groups excluding carboxylic acids is 2. The molecule has 0 aromatic carbocycles. The standard InChI is InChI=1S/C36H69O10P/c1-3-5-7-9-11-13-15-16-18-20-22-24-26-28-36(40)46-34(32-45-47(41,42)44-30-33(38)29-37)31-43-35(39)27-25-23-21-19-17-14-12-10-8-6-4-2/h13,15,33-34,37-38H,3-12,14,16-32H2,1-2H3,(H,41,42)/b15-13-/t33-,34+/m0/s1. The fourth-order valence-corrected chi connectivity index (χ4v) is 5.78. The zero-order chi connectivity index (χ0) is 34.9. The van der Waals surface area contributed by atoms with Crippen LogP contribution in [0.3, 0.4) is 0 Å². The van der Waals surface area contributed by atoms with Crippen molar-refractivity contribution in [1.82, 2.24) is 0 Å². The Kier molecular flexibility index (Phi) is 32.3. The number of carbonyl (C=O) groups is 2. The Labute approximate surface area is 286 Å². The molecule has 0 heterocycles. The van der Waals surface area contributed by atoms with Gasteiger partial charge in [-0.25, -0.2) is 4.57 Å². The predicted molar refractivity (Wildman–Crippen MR) is 187 cm³/mol. The average Bonchev–Trinajstić information content (AvgIpc) is 3.05. The van der Waals surface area contributed by atoms with Gasteiger partial charge >= 0.3 is 19.8 Å². The summed E-state index contributed by atoms with van der Waals surface area (Å²) in [5.74, 6) is -0.932. The summed E-state index contributed by atoms with van der Waals surface area (Å²) < 4.78 is 32.5. The van der Waals surface area contributed by atoms with Gasteiger partial charge in [0.1, 0.15) is 12.7 Å². The molecule has 0 saturated heterocycles. The third-order valence-corrected chi connectivity index (χ3v) is 8.87. The number of ether oxygens (including phenoxy) is 2. The number of hydrogen-bond donors (Lipinski definition) is 3. The highest BCUT2D eigenvalue weighted by Crippen LogP contribution is 2.43. The first-order valence-electron chi connectivity index (χ1n) is 18.6. The number of unbranched alkanes of at least 4 members (excludes halogenated alkanes) is 19. The molecule has 0 aromatic rings. The van der Waals surface area contributed by atoms with Crippen molar-refractivity contribution in [3.8, 4) is 0 Å². The summed E-state index contributed by atoms with van der Waals surface area (Å²) in [6, 6.07) is 0. The first-order chi connectivity index (χ1) is 22.7. The largest absolute Gasteiger partial charge is 0.472 e. The highest BCUT2D eigenvalue weighted by atomic mass is 31.2. The number of allylic oxidation sites excluding steroid dienone is 2. The van der Waals surface area contributed by atoms with Crippen LogP contribution in [0.5, 0.6) is 0 Å². The normalized spacial score (nSPS) is 14.2. The first-order valence-corrected chi connectivity index (χ1v) is 20.1. The van der Waals surface area contributed by atoms with Gasteiger partial charge in [0, 0.05) is 12.8 Å². The minimum Gasteiger partial charge on any atom is -0.462 e. The van der Waals surface area contributed by atoms with Crippen molar-refractivity contribution in [2.24, 2.45) is 0 Å². The Balaban J connectivity index is 4.39. The molecule has 3 N–H and O–H groups in total. The lowest BCUT2D eigenvalue weighted by Gasteiger charge is -2.20. The number of aliphatic hydroxyl groups is 2. The van der Waals surface area contributed by atoms with E-state index in [1.807, 2.05) is 0 Å². The van der Waals surface area contributed by atoms with E-state index in [1.54, 1.807) is 0 Å². The SMILES string of the molecule is CCCCCC/C=C\CCCCCCCC(=O)O[C@H](COC(=O)CCCCCCCCCCCCC)COP(=O)(O)OC[C@@H](O)CO. The molecule has 0 aliphatic heterocycles. The van der Waals surface area contributed by atoms with E-state index in [2.05, 4.69) is 30.5 Å². The van der Waals surface area contributed by atoms with Crippen molar-refractivity contribution < 1.29 is 47.8 Å². The van der Waals surface area contributed by atoms with E-state index in [4.69, 9.17) is 19.1 Å². The maximum Gasteiger partial charge on any atom is 0.472 e. The molecular formula is C36H69O10P. The van der Waals surface area contributed by atoms with Gasteiger partial charge in [0.2, 0.25) is 0 Å². The summed E-state index contributed by atoms with van der Waals surface area (Å²) in [6.07, 6.45) is 27.5. The summed E-state index contributed by atoms with van der Waals surface area (Å²) in [5, 5.41) is 18.2. The van der Waals surface area contributed by atoms with Crippen molar-refractivity contribution >= 4 is 19.8 Å². The van der Waals surface area contributed by atoms with Crippen LogP contribution < -0.4 is 0 Å². The van der Waals surface area contributed by atoms with Crippen LogP contribution >= 0.6 is 7.82 Å². The minimum absolute atomic E-state index is 0.177. The Morgan fingerprint density at radius 1 is 0.617 bits per heavy atom. The third-order valence-electron chi connectivity index (χ3n) is 7.92. The van der Waals surface area contributed by atoms with Crippen LogP contribution in [-0.2, 0) is 32.7 Å². The number of phosphoric ester groups is 1. The van der Waals surface area contributed by atoms with Crippen molar-refractivity contribution in [3.05, 3.63) is 12.2 Å². The van der Waals surface area contributed by atoms with E-state index >= 15 is 0 Å². The number of hydrogen-bond acceptors (Lipinski definition) is 9. The van der Waals surface area contributed by atoms with E-state index in [0.717, 1.165) is 57.8 Å². The highest BCUT2D eigenvalue weighted by Gasteiger charge is 2.27. The Bertz CT molecular complexity index is 807.